The van der Waals surface area contributed by atoms with Gasteiger partial charge in [0.15, 0.2) is 6.61 Å². The summed E-state index contributed by atoms with van der Waals surface area (Å²) < 4.78 is 77.3. The molecule has 0 aromatic heterocycles. The number of hydrogen-bond donors (Lipinski definition) is 0. The zero-order valence-corrected chi connectivity index (χ0v) is 9.59. The summed E-state index contributed by atoms with van der Waals surface area (Å²) in [6, 6.07) is 4.76. The fraction of sp³-hybridized carbons (Fsp3) is 0.333. The molecule has 4 nitrogen and oxygen atoms in total. The summed E-state index contributed by atoms with van der Waals surface area (Å²) in [5, 5.41) is 0. The quantitative estimate of drug-likeness (QED) is 0.779. The molecule has 0 atom stereocenters. The molecule has 0 fully saturated rings. The molecular formula is C9H8F4O4S. The summed E-state index contributed by atoms with van der Waals surface area (Å²) in [5.74, 6) is -0.621. The maximum absolute atomic E-state index is 12.7. The molecule has 0 bridgehead atoms. The maximum Gasteiger partial charge on any atom is 0.413 e. The van der Waals surface area contributed by atoms with Gasteiger partial charge in [0.05, 0.1) is 6.61 Å². The SMILES string of the molecule is O=S(=O)(OCc1cccc(F)c1)OCC(F)(F)F. The minimum absolute atomic E-state index is 0.147. The van der Waals surface area contributed by atoms with Gasteiger partial charge >= 0.3 is 16.6 Å². The fourth-order valence-electron chi connectivity index (χ4n) is 0.940. The lowest BCUT2D eigenvalue weighted by molar-refractivity contribution is -0.154. The van der Waals surface area contributed by atoms with Crippen LogP contribution in [-0.4, -0.2) is 21.2 Å². The largest absolute Gasteiger partial charge is 0.413 e. The van der Waals surface area contributed by atoms with Crippen molar-refractivity contribution in [1.82, 2.24) is 0 Å². The van der Waals surface area contributed by atoms with E-state index in [2.05, 4.69) is 8.37 Å². The van der Waals surface area contributed by atoms with E-state index in [1.165, 1.54) is 12.1 Å². The third-order valence-electron chi connectivity index (χ3n) is 1.63. The Hall–Kier alpha value is -1.19. The Bertz CT molecular complexity index is 498. The van der Waals surface area contributed by atoms with Crippen molar-refractivity contribution in [3.05, 3.63) is 35.6 Å². The van der Waals surface area contributed by atoms with Crippen LogP contribution in [0.15, 0.2) is 24.3 Å². The van der Waals surface area contributed by atoms with E-state index in [0.29, 0.717) is 0 Å². The Balaban J connectivity index is 2.52. The van der Waals surface area contributed by atoms with Crippen molar-refractivity contribution in [2.24, 2.45) is 0 Å². The van der Waals surface area contributed by atoms with Crippen molar-refractivity contribution in [2.75, 3.05) is 6.61 Å². The summed E-state index contributed by atoms with van der Waals surface area (Å²) in [4.78, 5) is 0. The molecule has 102 valence electrons. The van der Waals surface area contributed by atoms with Crippen LogP contribution in [0.1, 0.15) is 5.56 Å². The molecule has 0 radical (unpaired) electrons. The van der Waals surface area contributed by atoms with E-state index in [0.717, 1.165) is 12.1 Å². The second kappa shape index (κ2) is 5.63. The van der Waals surface area contributed by atoms with Gasteiger partial charge in [-0.1, -0.05) is 12.1 Å². The Morgan fingerprint density at radius 2 is 1.83 bits per heavy atom. The van der Waals surface area contributed by atoms with Crippen LogP contribution in [0.25, 0.3) is 0 Å². The van der Waals surface area contributed by atoms with Gasteiger partial charge in [-0.2, -0.15) is 21.6 Å². The van der Waals surface area contributed by atoms with Crippen LogP contribution in [0, 0.1) is 5.82 Å². The molecule has 1 aromatic carbocycles. The van der Waals surface area contributed by atoms with E-state index >= 15 is 0 Å². The van der Waals surface area contributed by atoms with Crippen molar-refractivity contribution in [1.29, 1.82) is 0 Å². The Morgan fingerprint density at radius 3 is 2.39 bits per heavy atom. The molecule has 0 unspecified atom stereocenters. The van der Waals surface area contributed by atoms with Crippen molar-refractivity contribution < 1.29 is 34.3 Å². The standard InChI is InChI=1S/C9H8F4O4S/c10-8-3-1-2-7(4-8)5-16-18(14,15)17-6-9(11,12)13/h1-4H,5-6H2. The molecule has 0 aliphatic carbocycles. The van der Waals surface area contributed by atoms with Crippen LogP contribution >= 0.6 is 0 Å². The average Bonchev–Trinajstić information content (AvgIpc) is 2.24. The average molecular weight is 288 g/mol. The summed E-state index contributed by atoms with van der Waals surface area (Å²) in [6.45, 7) is -2.59. The molecule has 18 heavy (non-hydrogen) atoms. The van der Waals surface area contributed by atoms with E-state index in [4.69, 9.17) is 0 Å². The Labute approximate surface area is 100 Å². The molecule has 0 saturated carbocycles. The lowest BCUT2D eigenvalue weighted by atomic mass is 10.2. The highest BCUT2D eigenvalue weighted by Gasteiger charge is 2.31. The van der Waals surface area contributed by atoms with Gasteiger partial charge in [0.25, 0.3) is 0 Å². The van der Waals surface area contributed by atoms with Gasteiger partial charge in [-0.3, -0.25) is 0 Å². The van der Waals surface area contributed by atoms with Gasteiger partial charge < -0.3 is 0 Å². The highest BCUT2D eigenvalue weighted by molar-refractivity contribution is 7.81. The van der Waals surface area contributed by atoms with Gasteiger partial charge in [0.1, 0.15) is 5.82 Å². The van der Waals surface area contributed by atoms with Crippen LogP contribution in [0.2, 0.25) is 0 Å². The number of hydrogen-bond acceptors (Lipinski definition) is 4. The van der Waals surface area contributed by atoms with E-state index in [-0.39, 0.29) is 5.56 Å². The normalized spacial score (nSPS) is 12.7. The second-order valence-electron chi connectivity index (χ2n) is 3.18. The topological polar surface area (TPSA) is 52.6 Å². The lowest BCUT2D eigenvalue weighted by Crippen LogP contribution is -2.21. The minimum Gasteiger partial charge on any atom is -0.243 e. The molecule has 0 heterocycles. The molecule has 9 heteroatoms. The van der Waals surface area contributed by atoms with Crippen LogP contribution in [-0.2, 0) is 25.4 Å². The smallest absolute Gasteiger partial charge is 0.243 e. The van der Waals surface area contributed by atoms with Gasteiger partial charge in [0.2, 0.25) is 0 Å². The highest BCUT2D eigenvalue weighted by Crippen LogP contribution is 2.17. The second-order valence-corrected chi connectivity index (χ2v) is 4.47. The van der Waals surface area contributed by atoms with Crippen LogP contribution in [0.4, 0.5) is 17.6 Å². The summed E-state index contributed by atoms with van der Waals surface area (Å²) in [7, 11) is -4.77. The van der Waals surface area contributed by atoms with E-state index in [9.17, 15) is 26.0 Å². The molecular weight excluding hydrogens is 280 g/mol. The molecule has 1 rings (SSSR count). The first kappa shape index (κ1) is 14.9. The molecule has 0 saturated heterocycles. The zero-order valence-electron chi connectivity index (χ0n) is 8.78. The maximum atomic E-state index is 12.7. The predicted octanol–water partition coefficient (Wildman–Crippen LogP) is 2.17. The third-order valence-corrected chi connectivity index (χ3v) is 2.44. The summed E-state index contributed by atoms with van der Waals surface area (Å²) >= 11 is 0. The molecule has 0 N–H and O–H groups in total. The van der Waals surface area contributed by atoms with Gasteiger partial charge in [-0.25, -0.2) is 12.8 Å². The fourth-order valence-corrected chi connectivity index (χ4v) is 1.57. The zero-order chi connectivity index (χ0) is 13.8. The Morgan fingerprint density at radius 1 is 1.17 bits per heavy atom. The first-order valence-corrected chi connectivity index (χ1v) is 5.86. The summed E-state index contributed by atoms with van der Waals surface area (Å²) in [6.07, 6.45) is -4.78. The first-order chi connectivity index (χ1) is 8.18. The monoisotopic (exact) mass is 288 g/mol. The number of alkyl halides is 3. The predicted molar refractivity (Wildman–Crippen MR) is 52.1 cm³/mol. The van der Waals surface area contributed by atoms with Crippen molar-refractivity contribution in [3.63, 3.8) is 0 Å². The van der Waals surface area contributed by atoms with Crippen molar-refractivity contribution >= 4 is 10.4 Å². The minimum atomic E-state index is -4.78. The van der Waals surface area contributed by atoms with Crippen LogP contribution in [0.3, 0.4) is 0 Å². The molecule has 0 aliphatic rings. The summed E-state index contributed by atoms with van der Waals surface area (Å²) in [5.41, 5.74) is 0.147. The van der Waals surface area contributed by atoms with Crippen molar-refractivity contribution in [3.8, 4) is 0 Å². The molecule has 0 spiro atoms. The highest BCUT2D eigenvalue weighted by atomic mass is 32.3. The number of rotatable bonds is 5. The van der Waals surface area contributed by atoms with Gasteiger partial charge in [-0.05, 0) is 17.7 Å². The first-order valence-electron chi connectivity index (χ1n) is 4.53. The molecule has 0 amide bonds. The molecule has 1 aromatic rings. The molecule has 0 aliphatic heterocycles. The lowest BCUT2D eigenvalue weighted by Gasteiger charge is -2.08. The van der Waals surface area contributed by atoms with E-state index < -0.39 is 35.6 Å². The Kier molecular flexibility index (Phi) is 4.65. The van der Waals surface area contributed by atoms with E-state index in [1.54, 1.807) is 0 Å². The third kappa shape index (κ3) is 5.94. The van der Waals surface area contributed by atoms with Crippen LogP contribution < -0.4 is 0 Å². The van der Waals surface area contributed by atoms with E-state index in [1.807, 2.05) is 0 Å². The van der Waals surface area contributed by atoms with Crippen molar-refractivity contribution in [2.45, 2.75) is 12.8 Å². The van der Waals surface area contributed by atoms with Crippen LogP contribution in [0.5, 0.6) is 0 Å². The number of halogens is 4. The van der Waals surface area contributed by atoms with Gasteiger partial charge in [0, 0.05) is 0 Å². The van der Waals surface area contributed by atoms with Gasteiger partial charge in [-0.15, -0.1) is 0 Å². The number of benzene rings is 1.